The molecule has 0 aromatic heterocycles. The van der Waals surface area contributed by atoms with E-state index >= 15 is 0 Å². The zero-order valence-electron chi connectivity index (χ0n) is 20.4. The summed E-state index contributed by atoms with van der Waals surface area (Å²) in [5.41, 5.74) is 8.53. The van der Waals surface area contributed by atoms with Gasteiger partial charge in [-0.15, -0.1) is 6.42 Å². The lowest BCUT2D eigenvalue weighted by atomic mass is 9.69. The number of anilines is 2. The number of phenolic OH excluding ortho intramolecular Hbond substituents is 1. The molecule has 5 rings (SSSR count). The minimum Gasteiger partial charge on any atom is -0.508 e. The Hall–Kier alpha value is -4.48. The van der Waals surface area contributed by atoms with Crippen molar-refractivity contribution in [1.29, 1.82) is 0 Å². The normalized spacial score (nSPS) is 16.1. The van der Waals surface area contributed by atoms with E-state index in [1.54, 1.807) is 12.1 Å². The lowest BCUT2D eigenvalue weighted by Gasteiger charge is -2.32. The van der Waals surface area contributed by atoms with Gasteiger partial charge < -0.3 is 10.4 Å². The van der Waals surface area contributed by atoms with E-state index in [-0.39, 0.29) is 0 Å². The first-order valence-electron chi connectivity index (χ1n) is 12.3. The maximum absolute atomic E-state index is 11.1. The number of nitrogens with one attached hydrogen (secondary N) is 1. The van der Waals surface area contributed by atoms with Crippen molar-refractivity contribution in [2.45, 2.75) is 25.2 Å². The van der Waals surface area contributed by atoms with Crippen molar-refractivity contribution in [1.82, 2.24) is 0 Å². The average Bonchev–Trinajstić information content (AvgIpc) is 3.20. The molecule has 0 aliphatic heterocycles. The minimum atomic E-state index is -0.542. The van der Waals surface area contributed by atoms with Crippen LogP contribution in [0.15, 0.2) is 115 Å². The summed E-state index contributed by atoms with van der Waals surface area (Å²) >= 11 is 0. The topological polar surface area (TPSA) is 32.3 Å². The van der Waals surface area contributed by atoms with Crippen molar-refractivity contribution >= 4 is 11.4 Å². The summed E-state index contributed by atoms with van der Waals surface area (Å²) in [6.45, 7) is 2.18. The van der Waals surface area contributed by atoms with Crippen molar-refractivity contribution in [3.63, 3.8) is 0 Å². The third-order valence-corrected chi connectivity index (χ3v) is 7.08. The highest BCUT2D eigenvalue weighted by molar-refractivity contribution is 5.93. The monoisotopic (exact) mass is 467 g/mol. The molecule has 36 heavy (non-hydrogen) atoms. The highest BCUT2D eigenvalue weighted by atomic mass is 16.3. The van der Waals surface area contributed by atoms with Crippen LogP contribution in [0.4, 0.5) is 11.4 Å². The van der Waals surface area contributed by atoms with E-state index in [1.807, 2.05) is 30.4 Å². The van der Waals surface area contributed by atoms with E-state index in [0.717, 1.165) is 23.4 Å². The van der Waals surface area contributed by atoms with Crippen molar-refractivity contribution in [3.05, 3.63) is 138 Å². The highest BCUT2D eigenvalue weighted by Crippen LogP contribution is 2.58. The number of terminal acetylenes is 1. The molecule has 2 nitrogen and oxygen atoms in total. The van der Waals surface area contributed by atoms with E-state index in [0.29, 0.717) is 12.2 Å². The highest BCUT2D eigenvalue weighted by Gasteiger charge is 2.45. The van der Waals surface area contributed by atoms with Gasteiger partial charge in [-0.3, -0.25) is 0 Å². The predicted molar refractivity (Wildman–Crippen MR) is 151 cm³/mol. The number of benzene rings is 4. The fourth-order valence-corrected chi connectivity index (χ4v) is 5.51. The van der Waals surface area contributed by atoms with Crippen molar-refractivity contribution in [2.24, 2.45) is 0 Å². The van der Waals surface area contributed by atoms with E-state index in [9.17, 15) is 5.11 Å². The second-order valence-corrected chi connectivity index (χ2v) is 8.99. The van der Waals surface area contributed by atoms with E-state index in [4.69, 9.17) is 6.42 Å². The van der Waals surface area contributed by atoms with Crippen LogP contribution in [0.25, 0.3) is 11.1 Å². The van der Waals surface area contributed by atoms with Crippen LogP contribution in [0, 0.1) is 12.3 Å². The van der Waals surface area contributed by atoms with Gasteiger partial charge in [0.2, 0.25) is 0 Å². The molecule has 176 valence electrons. The molecule has 1 atom stereocenters. The molecule has 1 aliphatic carbocycles. The van der Waals surface area contributed by atoms with Crippen molar-refractivity contribution < 1.29 is 5.11 Å². The molecule has 1 unspecified atom stereocenters. The smallest absolute Gasteiger partial charge is 0.120 e. The number of fused-ring (bicyclic) bond motifs is 3. The fraction of sp³-hybridized carbons (Fsp3) is 0.118. The summed E-state index contributed by atoms with van der Waals surface area (Å²) < 4.78 is 0. The molecule has 0 heterocycles. The standard InChI is InChI=1S/C34H29NO/c1-3-5-6-7-14-24-34(28-19-11-13-23-32(28)36)27-18-10-9-17-26(27)33-29(34)20-15-22-31(33)35-30-21-12-8-16-25(30)4-2/h1,5-23,35-36H,4,24H2,2H3/b6-5-,14-7-. The molecule has 0 radical (unpaired) electrons. The molecule has 0 spiro atoms. The molecule has 1 aliphatic rings. The minimum absolute atomic E-state index is 0.294. The van der Waals surface area contributed by atoms with Gasteiger partial charge in [0.25, 0.3) is 0 Å². The zero-order valence-corrected chi connectivity index (χ0v) is 20.4. The predicted octanol–water partition coefficient (Wildman–Crippen LogP) is 8.15. The molecule has 4 aromatic carbocycles. The Kier molecular flexibility index (Phi) is 6.48. The Morgan fingerprint density at radius 2 is 1.50 bits per heavy atom. The molecule has 2 N–H and O–H groups in total. The van der Waals surface area contributed by atoms with E-state index in [1.165, 1.54) is 27.8 Å². The number of rotatable bonds is 7. The van der Waals surface area contributed by atoms with Gasteiger partial charge in [-0.05, 0) is 59.4 Å². The Balaban J connectivity index is 1.76. The third-order valence-electron chi connectivity index (χ3n) is 7.08. The van der Waals surface area contributed by atoms with Crippen LogP contribution >= 0.6 is 0 Å². The van der Waals surface area contributed by atoms with Gasteiger partial charge in [-0.25, -0.2) is 0 Å². The second kappa shape index (κ2) is 10.0. The van der Waals surface area contributed by atoms with Crippen LogP contribution in [-0.2, 0) is 11.8 Å². The van der Waals surface area contributed by atoms with Gasteiger partial charge in [-0.1, -0.05) is 104 Å². The van der Waals surface area contributed by atoms with Crippen LogP contribution in [0.2, 0.25) is 0 Å². The first kappa shape index (κ1) is 23.3. The molecule has 0 saturated carbocycles. The Labute approximate surface area is 213 Å². The molecule has 4 aromatic rings. The molecule has 0 saturated heterocycles. The van der Waals surface area contributed by atoms with Gasteiger partial charge in [0.15, 0.2) is 0 Å². The average molecular weight is 468 g/mol. The molecule has 0 amide bonds. The number of phenols is 1. The summed E-state index contributed by atoms with van der Waals surface area (Å²) in [7, 11) is 0. The van der Waals surface area contributed by atoms with Gasteiger partial charge in [0, 0.05) is 22.5 Å². The van der Waals surface area contributed by atoms with Crippen LogP contribution in [0.5, 0.6) is 5.75 Å². The third kappa shape index (κ3) is 3.89. The molecular weight excluding hydrogens is 438 g/mol. The number of aryl methyl sites for hydroxylation is 1. The second-order valence-electron chi connectivity index (χ2n) is 8.99. The largest absolute Gasteiger partial charge is 0.508 e. The molecule has 0 bridgehead atoms. The SMILES string of the molecule is C#C/C=C\C=C/CC1(c2ccccc2O)c2ccccc2-c2c(Nc3ccccc3CC)cccc21. The van der Waals surface area contributed by atoms with Crippen LogP contribution in [0.3, 0.4) is 0 Å². The van der Waals surface area contributed by atoms with Crippen LogP contribution < -0.4 is 5.32 Å². The molecule has 2 heteroatoms. The summed E-state index contributed by atoms with van der Waals surface area (Å²) in [6.07, 6.45) is 14.7. The van der Waals surface area contributed by atoms with E-state index in [2.05, 4.69) is 91.0 Å². The van der Waals surface area contributed by atoms with Gasteiger partial charge in [0.05, 0.1) is 5.41 Å². The number of allylic oxidation sites excluding steroid dienone is 4. The quantitative estimate of drug-likeness (QED) is 0.212. The number of hydrogen-bond donors (Lipinski definition) is 2. The van der Waals surface area contributed by atoms with Gasteiger partial charge in [-0.2, -0.15) is 0 Å². The summed E-state index contributed by atoms with van der Waals surface area (Å²) in [5, 5.41) is 14.9. The Morgan fingerprint density at radius 3 is 2.31 bits per heavy atom. The first-order valence-corrected chi connectivity index (χ1v) is 12.3. The van der Waals surface area contributed by atoms with Gasteiger partial charge in [0.1, 0.15) is 5.75 Å². The number of para-hydroxylation sites is 2. The summed E-state index contributed by atoms with van der Waals surface area (Å²) in [4.78, 5) is 0. The van der Waals surface area contributed by atoms with E-state index < -0.39 is 5.41 Å². The lowest BCUT2D eigenvalue weighted by Crippen LogP contribution is -2.26. The number of aromatic hydroxyl groups is 1. The van der Waals surface area contributed by atoms with Crippen molar-refractivity contribution in [3.8, 4) is 29.2 Å². The molecular formula is C34H29NO. The van der Waals surface area contributed by atoms with Crippen molar-refractivity contribution in [2.75, 3.05) is 5.32 Å². The van der Waals surface area contributed by atoms with Gasteiger partial charge >= 0.3 is 0 Å². The van der Waals surface area contributed by atoms with Crippen LogP contribution in [-0.4, -0.2) is 5.11 Å². The van der Waals surface area contributed by atoms with Crippen LogP contribution in [0.1, 0.15) is 35.6 Å². The fourth-order valence-electron chi connectivity index (χ4n) is 5.51. The first-order chi connectivity index (χ1) is 17.7. The zero-order chi connectivity index (χ0) is 25.0. The molecule has 0 fully saturated rings. The summed E-state index contributed by atoms with van der Waals surface area (Å²) in [6, 6.07) is 31.2. The Morgan fingerprint density at radius 1 is 0.806 bits per heavy atom. The Bertz CT molecular complexity index is 1500. The maximum atomic E-state index is 11.1. The summed E-state index contributed by atoms with van der Waals surface area (Å²) in [5.74, 6) is 2.83. The lowest BCUT2D eigenvalue weighted by molar-refractivity contribution is 0.454. The number of hydrogen-bond acceptors (Lipinski definition) is 2. The maximum Gasteiger partial charge on any atom is 0.120 e.